The molecule has 0 spiro atoms. The van der Waals surface area contributed by atoms with E-state index in [0.717, 1.165) is 70.7 Å². The van der Waals surface area contributed by atoms with E-state index in [0.29, 0.717) is 18.9 Å². The van der Waals surface area contributed by atoms with Crippen LogP contribution in [0.4, 0.5) is 0 Å². The second-order valence-electron chi connectivity index (χ2n) is 6.69. The first-order chi connectivity index (χ1) is 12.2. The predicted molar refractivity (Wildman–Crippen MR) is 102 cm³/mol. The first kappa shape index (κ1) is 19.7. The van der Waals surface area contributed by atoms with Gasteiger partial charge in [0.15, 0.2) is 0 Å². The molecule has 1 fully saturated rings. The minimum absolute atomic E-state index is 0.313. The molecule has 2 rings (SSSR count). The summed E-state index contributed by atoms with van der Waals surface area (Å²) in [6.07, 6.45) is 4.99. The predicted octanol–water partition coefficient (Wildman–Crippen LogP) is 2.64. The van der Waals surface area contributed by atoms with Crippen molar-refractivity contribution >= 4 is 5.91 Å². The van der Waals surface area contributed by atoms with Crippen LogP contribution in [0.3, 0.4) is 0 Å². The number of piperazine rings is 1. The highest BCUT2D eigenvalue weighted by molar-refractivity contribution is 5.76. The van der Waals surface area contributed by atoms with Crippen molar-refractivity contribution in [2.75, 3.05) is 39.3 Å². The summed E-state index contributed by atoms with van der Waals surface area (Å²) in [6.45, 7) is 7.98. The van der Waals surface area contributed by atoms with Gasteiger partial charge in [0.2, 0.25) is 5.91 Å². The summed E-state index contributed by atoms with van der Waals surface area (Å²) < 4.78 is 5.48. The molecule has 1 heterocycles. The van der Waals surface area contributed by atoms with Gasteiger partial charge in [0.05, 0.1) is 6.61 Å². The zero-order valence-corrected chi connectivity index (χ0v) is 15.6. The van der Waals surface area contributed by atoms with Gasteiger partial charge in [0.25, 0.3) is 0 Å². The summed E-state index contributed by atoms with van der Waals surface area (Å²) >= 11 is 0. The van der Waals surface area contributed by atoms with Gasteiger partial charge in [0, 0.05) is 39.1 Å². The summed E-state index contributed by atoms with van der Waals surface area (Å²) in [6, 6.07) is 8.32. The molecule has 1 saturated heterocycles. The third kappa shape index (κ3) is 7.04. The monoisotopic (exact) mass is 347 g/mol. The molecule has 0 atom stereocenters. The fraction of sp³-hybridized carbons (Fsp3) is 0.650. The van der Waals surface area contributed by atoms with Crippen LogP contribution in [0.2, 0.25) is 0 Å². The maximum Gasteiger partial charge on any atom is 0.222 e. The topological polar surface area (TPSA) is 58.8 Å². The highest BCUT2D eigenvalue weighted by Gasteiger charge is 2.20. The van der Waals surface area contributed by atoms with E-state index in [1.165, 1.54) is 5.56 Å². The molecule has 1 amide bonds. The van der Waals surface area contributed by atoms with Crippen LogP contribution in [0.25, 0.3) is 0 Å². The van der Waals surface area contributed by atoms with Crippen LogP contribution in [0.5, 0.6) is 5.75 Å². The number of hydrogen-bond acceptors (Lipinski definition) is 4. The normalized spacial score (nSPS) is 15.4. The van der Waals surface area contributed by atoms with Gasteiger partial charge in [-0.2, -0.15) is 0 Å². The quantitative estimate of drug-likeness (QED) is 0.661. The lowest BCUT2D eigenvalue weighted by Gasteiger charge is -2.34. The molecular formula is C20H33N3O2. The van der Waals surface area contributed by atoms with Gasteiger partial charge in [-0.25, -0.2) is 0 Å². The first-order valence-corrected chi connectivity index (χ1v) is 9.65. The van der Waals surface area contributed by atoms with Crippen molar-refractivity contribution in [1.82, 2.24) is 9.80 Å². The number of nitrogens with zero attached hydrogens (tertiary/aromatic N) is 2. The summed E-state index contributed by atoms with van der Waals surface area (Å²) in [5.41, 5.74) is 6.79. The molecule has 25 heavy (non-hydrogen) atoms. The van der Waals surface area contributed by atoms with E-state index in [1.807, 2.05) is 24.0 Å². The molecule has 1 aromatic carbocycles. The summed E-state index contributed by atoms with van der Waals surface area (Å²) in [4.78, 5) is 16.7. The number of carbonyl (C=O) groups excluding carboxylic acids is 1. The summed E-state index contributed by atoms with van der Waals surface area (Å²) in [5, 5.41) is 0. The van der Waals surface area contributed by atoms with E-state index in [1.54, 1.807) is 0 Å². The SMILES string of the molecule is CCOc1ccc(CN2CCN(C(=O)CCCCCCN)CC2)cc1. The third-order valence-corrected chi connectivity index (χ3v) is 4.71. The molecule has 1 aliphatic rings. The van der Waals surface area contributed by atoms with Gasteiger partial charge < -0.3 is 15.4 Å². The summed E-state index contributed by atoms with van der Waals surface area (Å²) in [7, 11) is 0. The first-order valence-electron chi connectivity index (χ1n) is 9.65. The number of amides is 1. The number of rotatable bonds is 10. The molecule has 0 unspecified atom stereocenters. The van der Waals surface area contributed by atoms with Crippen LogP contribution in [0.15, 0.2) is 24.3 Å². The fourth-order valence-electron chi connectivity index (χ4n) is 3.20. The molecule has 0 aromatic heterocycles. The molecule has 0 saturated carbocycles. The molecule has 2 N–H and O–H groups in total. The van der Waals surface area contributed by atoms with Crippen LogP contribution in [-0.4, -0.2) is 55.0 Å². The second kappa shape index (κ2) is 11.1. The van der Waals surface area contributed by atoms with Crippen molar-refractivity contribution in [2.24, 2.45) is 5.73 Å². The smallest absolute Gasteiger partial charge is 0.222 e. The molecule has 1 aromatic rings. The van der Waals surface area contributed by atoms with Crippen molar-refractivity contribution in [3.05, 3.63) is 29.8 Å². The molecule has 0 radical (unpaired) electrons. The van der Waals surface area contributed by atoms with Crippen LogP contribution >= 0.6 is 0 Å². The maximum absolute atomic E-state index is 12.3. The van der Waals surface area contributed by atoms with Gasteiger partial charge >= 0.3 is 0 Å². The van der Waals surface area contributed by atoms with Gasteiger partial charge in [-0.05, 0) is 44.0 Å². The number of carbonyl (C=O) groups is 1. The average molecular weight is 348 g/mol. The van der Waals surface area contributed by atoms with Crippen molar-refractivity contribution in [3.63, 3.8) is 0 Å². The second-order valence-corrected chi connectivity index (χ2v) is 6.69. The van der Waals surface area contributed by atoms with Gasteiger partial charge in [0.1, 0.15) is 5.75 Å². The van der Waals surface area contributed by atoms with E-state index >= 15 is 0 Å². The molecule has 0 aliphatic carbocycles. The Hall–Kier alpha value is -1.59. The van der Waals surface area contributed by atoms with Gasteiger partial charge in [-0.1, -0.05) is 25.0 Å². The molecule has 140 valence electrons. The lowest BCUT2D eigenvalue weighted by atomic mass is 10.1. The van der Waals surface area contributed by atoms with Gasteiger partial charge in [-0.3, -0.25) is 9.69 Å². The Bertz CT molecular complexity index is 496. The van der Waals surface area contributed by atoms with Crippen LogP contribution in [0, 0.1) is 0 Å². The van der Waals surface area contributed by atoms with Gasteiger partial charge in [-0.15, -0.1) is 0 Å². The van der Waals surface area contributed by atoms with Crippen molar-refractivity contribution < 1.29 is 9.53 Å². The summed E-state index contributed by atoms with van der Waals surface area (Å²) in [5.74, 6) is 1.24. The highest BCUT2D eigenvalue weighted by Crippen LogP contribution is 2.15. The van der Waals surface area contributed by atoms with Crippen LogP contribution in [0.1, 0.15) is 44.6 Å². The van der Waals surface area contributed by atoms with E-state index in [-0.39, 0.29) is 0 Å². The molecule has 1 aliphatic heterocycles. The Labute approximate surface area is 152 Å². The number of nitrogens with two attached hydrogens (primary N) is 1. The molecular weight excluding hydrogens is 314 g/mol. The lowest BCUT2D eigenvalue weighted by Crippen LogP contribution is -2.48. The Morgan fingerprint density at radius 1 is 1.04 bits per heavy atom. The minimum Gasteiger partial charge on any atom is -0.494 e. The van der Waals surface area contributed by atoms with Crippen molar-refractivity contribution in [2.45, 2.75) is 45.6 Å². The average Bonchev–Trinajstić information content (AvgIpc) is 2.64. The Kier molecular flexibility index (Phi) is 8.77. The molecule has 5 heteroatoms. The maximum atomic E-state index is 12.3. The number of hydrogen-bond donors (Lipinski definition) is 1. The minimum atomic E-state index is 0.313. The number of unbranched alkanes of at least 4 members (excludes halogenated alkanes) is 3. The van der Waals surface area contributed by atoms with Crippen molar-refractivity contribution in [3.8, 4) is 5.75 Å². The fourth-order valence-corrected chi connectivity index (χ4v) is 3.20. The largest absolute Gasteiger partial charge is 0.494 e. The Balaban J connectivity index is 1.66. The third-order valence-electron chi connectivity index (χ3n) is 4.71. The van der Waals surface area contributed by atoms with Crippen LogP contribution in [-0.2, 0) is 11.3 Å². The zero-order valence-electron chi connectivity index (χ0n) is 15.6. The molecule has 0 bridgehead atoms. The van der Waals surface area contributed by atoms with E-state index in [9.17, 15) is 4.79 Å². The standard InChI is InChI=1S/C20H33N3O2/c1-2-25-19-10-8-18(9-11-19)17-22-13-15-23(16-14-22)20(24)7-5-3-4-6-12-21/h8-11H,2-7,12-17,21H2,1H3. The number of benzene rings is 1. The van der Waals surface area contributed by atoms with E-state index in [2.05, 4.69) is 17.0 Å². The lowest BCUT2D eigenvalue weighted by molar-refractivity contribution is -0.133. The highest BCUT2D eigenvalue weighted by atomic mass is 16.5. The zero-order chi connectivity index (χ0) is 17.9. The van der Waals surface area contributed by atoms with E-state index in [4.69, 9.17) is 10.5 Å². The van der Waals surface area contributed by atoms with Crippen molar-refractivity contribution in [1.29, 1.82) is 0 Å². The Morgan fingerprint density at radius 2 is 1.72 bits per heavy atom. The van der Waals surface area contributed by atoms with E-state index < -0.39 is 0 Å². The van der Waals surface area contributed by atoms with Crippen LogP contribution < -0.4 is 10.5 Å². The Morgan fingerprint density at radius 3 is 2.36 bits per heavy atom. The number of ether oxygens (including phenoxy) is 1. The molecule has 5 nitrogen and oxygen atoms in total.